The Morgan fingerprint density at radius 2 is 1.94 bits per heavy atom. The molecule has 14 heteroatoms. The molecule has 2 aromatic heterocycles. The number of nitrogens with one attached hydrogen (secondary N) is 1. The van der Waals surface area contributed by atoms with Gasteiger partial charge in [-0.05, 0) is 30.2 Å². The molecule has 4 aromatic rings. The van der Waals surface area contributed by atoms with Crippen LogP contribution in [0.2, 0.25) is 10.0 Å². The Hall–Kier alpha value is -3.42. The molecule has 1 unspecified atom stereocenters. The van der Waals surface area contributed by atoms with Crippen LogP contribution in [-0.2, 0) is 27.2 Å². The van der Waals surface area contributed by atoms with Crippen LogP contribution in [0.3, 0.4) is 0 Å². The summed E-state index contributed by atoms with van der Waals surface area (Å²) in [4.78, 5) is 44.9. The first kappa shape index (κ1) is 33.5. The summed E-state index contributed by atoms with van der Waals surface area (Å²) in [5.41, 5.74) is 1.63. The summed E-state index contributed by atoms with van der Waals surface area (Å²) in [5, 5.41) is 6.44. The number of aromatic nitrogens is 1. The minimum Gasteiger partial charge on any atom is -0.469 e. The van der Waals surface area contributed by atoms with E-state index in [1.165, 1.54) is 30.8 Å². The fraction of sp³-hybridized carbons (Fsp3) is 0.394. The fourth-order valence-corrected chi connectivity index (χ4v) is 8.13. The van der Waals surface area contributed by atoms with Crippen LogP contribution in [0.5, 0.6) is 0 Å². The monoisotopic (exact) mass is 705 g/mol. The number of alkyl halides is 2. The number of fused-ring (bicyclic) bond motifs is 1. The molecule has 2 amide bonds. The molecule has 47 heavy (non-hydrogen) atoms. The van der Waals surface area contributed by atoms with Crippen molar-refractivity contribution in [2.24, 2.45) is 0 Å². The Bertz CT molecular complexity index is 1820. The quantitative estimate of drug-likeness (QED) is 0.141. The van der Waals surface area contributed by atoms with Crippen molar-refractivity contribution < 1.29 is 36.9 Å². The van der Waals surface area contributed by atoms with E-state index in [9.17, 15) is 23.2 Å². The maximum absolute atomic E-state index is 14.5. The molecule has 2 aliphatic rings. The topological polar surface area (TPSA) is 102 Å². The van der Waals surface area contributed by atoms with Gasteiger partial charge in [-0.3, -0.25) is 9.59 Å². The van der Waals surface area contributed by atoms with Crippen molar-refractivity contribution in [3.05, 3.63) is 79.9 Å². The molecule has 4 heterocycles. The number of thiazole rings is 1. The van der Waals surface area contributed by atoms with Gasteiger partial charge in [-0.15, -0.1) is 16.3 Å². The van der Waals surface area contributed by atoms with Gasteiger partial charge in [0.1, 0.15) is 18.4 Å². The lowest BCUT2D eigenvalue weighted by atomic mass is 10.1. The highest BCUT2D eigenvalue weighted by Crippen LogP contribution is 2.46. The van der Waals surface area contributed by atoms with Crippen molar-refractivity contribution in [1.82, 2.24) is 9.99 Å². The van der Waals surface area contributed by atoms with Gasteiger partial charge in [0.2, 0.25) is 0 Å². The molecule has 2 saturated heterocycles. The minimum absolute atomic E-state index is 0.0535. The molecule has 0 spiro atoms. The molecule has 2 fully saturated rings. The Morgan fingerprint density at radius 3 is 2.70 bits per heavy atom. The number of likely N-dealkylation sites (tertiary alicyclic amines) is 1. The number of furan rings is 1. The van der Waals surface area contributed by atoms with Gasteiger partial charge < -0.3 is 14.5 Å². The van der Waals surface area contributed by atoms with Crippen LogP contribution < -0.4 is 5.32 Å². The third-order valence-corrected chi connectivity index (χ3v) is 10.8. The van der Waals surface area contributed by atoms with Gasteiger partial charge in [-0.25, -0.2) is 18.6 Å². The van der Waals surface area contributed by atoms with E-state index in [2.05, 4.69) is 10.3 Å². The van der Waals surface area contributed by atoms with Crippen LogP contribution in [0.15, 0.2) is 53.3 Å². The molecular weight excluding hydrogens is 673 g/mol. The van der Waals surface area contributed by atoms with Crippen molar-refractivity contribution in [2.45, 2.75) is 56.9 Å². The van der Waals surface area contributed by atoms with Gasteiger partial charge >= 0.3 is 11.9 Å². The summed E-state index contributed by atoms with van der Waals surface area (Å²) in [6.07, 6.45) is 4.28. The van der Waals surface area contributed by atoms with Gasteiger partial charge in [0.25, 0.3) is 11.8 Å². The minimum atomic E-state index is -2.79. The van der Waals surface area contributed by atoms with Crippen molar-refractivity contribution in [3.8, 4) is 0 Å². The Kier molecular flexibility index (Phi) is 9.69. The number of nitrogens with zero attached hydrogens (tertiary/aromatic N) is 3. The molecule has 2 aromatic carbocycles. The number of anilines is 1. The highest BCUT2D eigenvalue weighted by atomic mass is 35.5. The zero-order chi connectivity index (χ0) is 33.3. The number of carbonyl (C=O) groups is 3. The van der Waals surface area contributed by atoms with Crippen LogP contribution in [0.4, 0.5) is 14.5 Å². The second-order valence-electron chi connectivity index (χ2n) is 11.9. The van der Waals surface area contributed by atoms with Crippen LogP contribution in [0.1, 0.15) is 64.0 Å². The summed E-state index contributed by atoms with van der Waals surface area (Å²) in [7, 11) is 1.34. The predicted octanol–water partition coefficient (Wildman–Crippen LogP) is 7.62. The maximum atomic E-state index is 14.5. The molecule has 0 saturated carbocycles. The standard InChI is InChI=1S/C33H32Cl2F2N4O5S/c1-45-30(43)9-8-21-18-38-32(47-21)27-6-4-14-41(27,40-12-10-33(36,37)11-13-40)29(42)16-20-15-25(35)26(17-24(20)34)39-31(44)23-19-46-28-7-3-2-5-22(23)28/h2-3,5,7,15,17-19,27H,4,6,8-14,16H2,1H3/p+1/t27-,41?/m0/s1. The number of para-hydroxylation sites is 1. The lowest BCUT2D eigenvalue weighted by Crippen LogP contribution is -2.65. The average molecular weight is 707 g/mol. The predicted molar refractivity (Wildman–Crippen MR) is 175 cm³/mol. The van der Waals surface area contributed by atoms with E-state index >= 15 is 0 Å². The second-order valence-corrected chi connectivity index (χ2v) is 13.8. The van der Waals surface area contributed by atoms with Gasteiger partial charge in [0.15, 0.2) is 11.0 Å². The number of aryl methyl sites for hydroxylation is 1. The van der Waals surface area contributed by atoms with Crippen LogP contribution in [0.25, 0.3) is 11.0 Å². The number of rotatable bonds is 9. The third kappa shape index (κ3) is 6.80. The van der Waals surface area contributed by atoms with E-state index in [0.717, 1.165) is 9.88 Å². The molecule has 248 valence electrons. The Balaban J connectivity index is 1.26. The smallest absolute Gasteiger partial charge is 0.337 e. The van der Waals surface area contributed by atoms with Crippen LogP contribution in [-0.4, -0.2) is 65.0 Å². The number of esters is 1. The molecular formula is C33H33Cl2F2N4O5S+. The van der Waals surface area contributed by atoms with E-state index in [4.69, 9.17) is 32.4 Å². The first-order valence-electron chi connectivity index (χ1n) is 15.3. The summed E-state index contributed by atoms with van der Waals surface area (Å²) in [6.45, 7) is 0.542. The zero-order valence-corrected chi connectivity index (χ0v) is 27.9. The van der Waals surface area contributed by atoms with Gasteiger partial charge in [-0.1, -0.05) is 41.4 Å². The fourth-order valence-electron chi connectivity index (χ4n) is 6.56. The molecule has 9 nitrogen and oxygen atoms in total. The van der Waals surface area contributed by atoms with E-state index in [1.54, 1.807) is 30.5 Å². The number of hydrogen-bond acceptors (Lipinski definition) is 8. The lowest BCUT2D eigenvalue weighted by Gasteiger charge is -2.46. The van der Waals surface area contributed by atoms with Crippen molar-refractivity contribution >= 4 is 69.0 Å². The Morgan fingerprint density at radius 1 is 1.17 bits per heavy atom. The number of piperidine rings is 1. The molecule has 0 bridgehead atoms. The van der Waals surface area contributed by atoms with Gasteiger partial charge in [0, 0.05) is 47.2 Å². The number of ether oxygens (including phenoxy) is 1. The summed E-state index contributed by atoms with van der Waals surface area (Å²) >= 11 is 14.8. The SMILES string of the molecule is COC(=O)CCc1cnc([C@@H]2CCC[N+]2(C(=O)Cc2cc(Cl)c(NC(=O)c3coc4ccccc34)cc2Cl)N2CCC(F)(F)CC2)s1. The van der Waals surface area contributed by atoms with Crippen molar-refractivity contribution in [2.75, 3.05) is 32.1 Å². The number of hydrogen-bond donors (Lipinski definition) is 1. The summed E-state index contributed by atoms with van der Waals surface area (Å²) in [5.74, 6) is -3.76. The number of benzene rings is 2. The van der Waals surface area contributed by atoms with Crippen molar-refractivity contribution in [1.29, 1.82) is 0 Å². The number of carbonyl (C=O) groups excluding carboxylic acids is 3. The van der Waals surface area contributed by atoms with Gasteiger partial charge in [0.05, 0.1) is 49.3 Å². The van der Waals surface area contributed by atoms with E-state index in [-0.39, 0.29) is 77.0 Å². The van der Waals surface area contributed by atoms with Crippen LogP contribution in [0, 0.1) is 0 Å². The average Bonchev–Trinajstić information content (AvgIpc) is 3.81. The highest BCUT2D eigenvalue weighted by molar-refractivity contribution is 7.11. The van der Waals surface area contributed by atoms with E-state index in [0.29, 0.717) is 47.9 Å². The second kappa shape index (κ2) is 13.6. The van der Waals surface area contributed by atoms with Crippen LogP contribution >= 0.6 is 34.5 Å². The molecule has 0 radical (unpaired) electrons. The number of quaternary nitrogens is 1. The summed E-state index contributed by atoms with van der Waals surface area (Å²) in [6, 6.07) is 9.85. The zero-order valence-electron chi connectivity index (χ0n) is 25.6. The highest BCUT2D eigenvalue weighted by Gasteiger charge is 2.56. The molecule has 2 aliphatic heterocycles. The van der Waals surface area contributed by atoms with E-state index < -0.39 is 11.8 Å². The van der Waals surface area contributed by atoms with Crippen molar-refractivity contribution in [3.63, 3.8) is 0 Å². The molecule has 2 atom stereocenters. The third-order valence-electron chi connectivity index (χ3n) is 9.01. The summed E-state index contributed by atoms with van der Waals surface area (Å²) < 4.78 is 38.7. The largest absolute Gasteiger partial charge is 0.469 e. The van der Waals surface area contributed by atoms with Gasteiger partial charge in [-0.2, -0.15) is 4.59 Å². The maximum Gasteiger partial charge on any atom is 0.337 e. The van der Waals surface area contributed by atoms with E-state index in [1.807, 2.05) is 11.1 Å². The molecule has 6 rings (SSSR count). The first-order chi connectivity index (χ1) is 22.5. The number of halogens is 4. The number of amides is 2. The lowest BCUT2D eigenvalue weighted by molar-refractivity contribution is -0.986. The normalized spacial score (nSPS) is 21.2. The Labute approximate surface area is 283 Å². The first-order valence-corrected chi connectivity index (χ1v) is 16.9. The molecule has 0 aliphatic carbocycles. The number of methoxy groups -OCH3 is 1. The molecule has 1 N–H and O–H groups in total.